The quantitative estimate of drug-likeness (QED) is 0.922. The lowest BCUT2D eigenvalue weighted by molar-refractivity contribution is -0.113. The van der Waals surface area contributed by atoms with Crippen LogP contribution in [-0.2, 0) is 11.3 Å². The van der Waals surface area contributed by atoms with E-state index in [1.54, 1.807) is 16.9 Å². The summed E-state index contributed by atoms with van der Waals surface area (Å²) in [5, 5.41) is 7.73. The number of hydrogen-bond acceptors (Lipinski definition) is 3. The van der Waals surface area contributed by atoms with Crippen molar-refractivity contribution in [3.05, 3.63) is 47.1 Å². The Kier molecular flexibility index (Phi) is 4.87. The molecule has 0 saturated carbocycles. The highest BCUT2D eigenvalue weighted by Crippen LogP contribution is 2.14. The van der Waals surface area contributed by atoms with Gasteiger partial charge >= 0.3 is 0 Å². The van der Waals surface area contributed by atoms with Gasteiger partial charge < -0.3 is 5.32 Å². The number of nitrogens with one attached hydrogen (secondary N) is 1. The fraction of sp³-hybridized carbons (Fsp3) is 0.231. The molecule has 0 aliphatic heterocycles. The summed E-state index contributed by atoms with van der Waals surface area (Å²) in [6.07, 6.45) is 3.56. The molecule has 4 nitrogen and oxygen atoms in total. The summed E-state index contributed by atoms with van der Waals surface area (Å²) in [6.45, 7) is 0.572. The van der Waals surface area contributed by atoms with E-state index in [9.17, 15) is 4.79 Å². The second kappa shape index (κ2) is 6.63. The molecule has 0 spiro atoms. The topological polar surface area (TPSA) is 46.9 Å². The van der Waals surface area contributed by atoms with Crippen molar-refractivity contribution in [3.63, 3.8) is 0 Å². The Balaban J connectivity index is 2.09. The van der Waals surface area contributed by atoms with Crippen molar-refractivity contribution < 1.29 is 4.79 Å². The molecule has 2 aromatic rings. The van der Waals surface area contributed by atoms with Gasteiger partial charge in [0.2, 0.25) is 5.91 Å². The molecule has 0 radical (unpaired) electrons. The van der Waals surface area contributed by atoms with Crippen LogP contribution in [0.2, 0.25) is 5.02 Å². The molecule has 0 unspecified atom stereocenters. The third kappa shape index (κ3) is 4.01. The summed E-state index contributed by atoms with van der Waals surface area (Å²) >= 11 is 7.43. The van der Waals surface area contributed by atoms with Crippen LogP contribution in [0.3, 0.4) is 0 Å². The zero-order chi connectivity index (χ0) is 13.7. The molecule has 19 heavy (non-hydrogen) atoms. The largest absolute Gasteiger partial charge is 0.310 e. The summed E-state index contributed by atoms with van der Waals surface area (Å²) in [7, 11) is 0. The molecular weight excluding hydrogens is 282 g/mol. The van der Waals surface area contributed by atoms with E-state index in [2.05, 4.69) is 10.4 Å². The molecule has 0 atom stereocenters. The zero-order valence-electron chi connectivity index (χ0n) is 10.5. The van der Waals surface area contributed by atoms with Crippen LogP contribution in [0, 0.1) is 0 Å². The van der Waals surface area contributed by atoms with Crippen molar-refractivity contribution >= 4 is 35.1 Å². The molecule has 1 aromatic heterocycles. The van der Waals surface area contributed by atoms with Gasteiger partial charge in [0.1, 0.15) is 5.82 Å². The Labute approximate surface area is 121 Å². The fourth-order valence-electron chi connectivity index (χ4n) is 1.68. The maximum Gasteiger partial charge on any atom is 0.235 e. The smallest absolute Gasteiger partial charge is 0.235 e. The first-order valence-electron chi connectivity index (χ1n) is 5.74. The number of anilines is 1. The number of halogens is 1. The van der Waals surface area contributed by atoms with Crippen molar-refractivity contribution in [1.29, 1.82) is 0 Å². The summed E-state index contributed by atoms with van der Waals surface area (Å²) < 4.78 is 1.74. The van der Waals surface area contributed by atoms with E-state index in [1.807, 2.05) is 30.5 Å². The van der Waals surface area contributed by atoms with Gasteiger partial charge in [0.25, 0.3) is 0 Å². The Morgan fingerprint density at radius 3 is 3.05 bits per heavy atom. The monoisotopic (exact) mass is 295 g/mol. The lowest BCUT2D eigenvalue weighted by Crippen LogP contribution is -2.17. The lowest BCUT2D eigenvalue weighted by Gasteiger charge is -2.09. The molecule has 0 aliphatic rings. The minimum atomic E-state index is -0.0275. The van der Waals surface area contributed by atoms with Crippen LogP contribution < -0.4 is 5.32 Å². The van der Waals surface area contributed by atoms with E-state index in [0.717, 1.165) is 5.56 Å². The number of nitrogens with zero attached hydrogens (tertiary/aromatic N) is 2. The molecule has 0 bridgehead atoms. The van der Waals surface area contributed by atoms with Gasteiger partial charge in [0, 0.05) is 11.1 Å². The SMILES string of the molecule is CSCC(=O)Nc1ccnn1Cc1cccc(Cl)c1. The predicted molar refractivity (Wildman–Crippen MR) is 79.8 cm³/mol. The van der Waals surface area contributed by atoms with Crippen LogP contribution in [0.25, 0.3) is 0 Å². The molecule has 1 aromatic carbocycles. The first kappa shape index (κ1) is 14.0. The van der Waals surface area contributed by atoms with Crippen molar-refractivity contribution in [3.8, 4) is 0 Å². The van der Waals surface area contributed by atoms with Gasteiger partial charge in [-0.05, 0) is 24.0 Å². The van der Waals surface area contributed by atoms with Crippen molar-refractivity contribution in [2.24, 2.45) is 0 Å². The van der Waals surface area contributed by atoms with E-state index < -0.39 is 0 Å². The normalized spacial score (nSPS) is 10.4. The number of hydrogen-bond donors (Lipinski definition) is 1. The predicted octanol–water partition coefficient (Wildman–Crippen LogP) is 2.89. The molecule has 1 amide bonds. The minimum absolute atomic E-state index is 0.0275. The fourth-order valence-corrected chi connectivity index (χ4v) is 2.23. The summed E-state index contributed by atoms with van der Waals surface area (Å²) in [5.41, 5.74) is 1.04. The van der Waals surface area contributed by atoms with Crippen molar-refractivity contribution in [2.45, 2.75) is 6.54 Å². The van der Waals surface area contributed by atoms with Gasteiger partial charge in [-0.15, -0.1) is 0 Å². The number of carbonyl (C=O) groups excluding carboxylic acids is 1. The molecule has 0 fully saturated rings. The van der Waals surface area contributed by atoms with Crippen LogP contribution in [0.4, 0.5) is 5.82 Å². The van der Waals surface area contributed by atoms with Gasteiger partial charge in [-0.25, -0.2) is 4.68 Å². The van der Waals surface area contributed by atoms with Crippen molar-refractivity contribution in [2.75, 3.05) is 17.3 Å². The van der Waals surface area contributed by atoms with Crippen LogP contribution in [-0.4, -0.2) is 27.7 Å². The first-order chi connectivity index (χ1) is 9.19. The standard InChI is InChI=1S/C13H14ClN3OS/c1-19-9-13(18)16-12-5-6-15-17(12)8-10-3-2-4-11(14)7-10/h2-7H,8-9H2,1H3,(H,16,18). The highest BCUT2D eigenvalue weighted by Gasteiger charge is 2.07. The number of aromatic nitrogens is 2. The van der Waals surface area contributed by atoms with Crippen LogP contribution in [0.1, 0.15) is 5.56 Å². The highest BCUT2D eigenvalue weighted by molar-refractivity contribution is 7.99. The van der Waals surface area contributed by atoms with E-state index in [-0.39, 0.29) is 5.91 Å². The summed E-state index contributed by atoms with van der Waals surface area (Å²) in [4.78, 5) is 11.6. The van der Waals surface area contributed by atoms with E-state index in [1.165, 1.54) is 11.8 Å². The van der Waals surface area contributed by atoms with Crippen LogP contribution in [0.15, 0.2) is 36.5 Å². The van der Waals surface area contributed by atoms with Crippen molar-refractivity contribution in [1.82, 2.24) is 9.78 Å². The third-order valence-corrected chi connectivity index (χ3v) is 3.27. The maximum absolute atomic E-state index is 11.6. The Bertz CT molecular complexity index is 571. The van der Waals surface area contributed by atoms with Gasteiger partial charge in [-0.3, -0.25) is 4.79 Å². The number of amides is 1. The number of rotatable bonds is 5. The number of carbonyl (C=O) groups is 1. The summed E-state index contributed by atoms with van der Waals surface area (Å²) in [6, 6.07) is 9.36. The molecule has 1 N–H and O–H groups in total. The minimum Gasteiger partial charge on any atom is -0.310 e. The number of benzene rings is 1. The van der Waals surface area contributed by atoms with E-state index >= 15 is 0 Å². The molecule has 0 aliphatic carbocycles. The van der Waals surface area contributed by atoms with Gasteiger partial charge in [-0.2, -0.15) is 16.9 Å². The second-order valence-electron chi connectivity index (χ2n) is 3.99. The molecule has 0 saturated heterocycles. The Hall–Kier alpha value is -1.46. The highest BCUT2D eigenvalue weighted by atomic mass is 35.5. The molecular formula is C13H14ClN3OS. The van der Waals surface area contributed by atoms with Gasteiger partial charge in [0.15, 0.2) is 0 Å². The first-order valence-corrected chi connectivity index (χ1v) is 7.51. The van der Waals surface area contributed by atoms with E-state index in [0.29, 0.717) is 23.1 Å². The molecule has 100 valence electrons. The molecule has 1 heterocycles. The zero-order valence-corrected chi connectivity index (χ0v) is 12.0. The summed E-state index contributed by atoms with van der Waals surface area (Å²) in [5.74, 6) is 1.10. The Morgan fingerprint density at radius 2 is 2.32 bits per heavy atom. The third-order valence-electron chi connectivity index (χ3n) is 2.48. The molecule has 2 rings (SSSR count). The maximum atomic E-state index is 11.6. The average molecular weight is 296 g/mol. The lowest BCUT2D eigenvalue weighted by atomic mass is 10.2. The van der Waals surface area contributed by atoms with Crippen LogP contribution >= 0.6 is 23.4 Å². The number of thioether (sulfide) groups is 1. The average Bonchev–Trinajstić information content (AvgIpc) is 2.77. The molecule has 6 heteroatoms. The Morgan fingerprint density at radius 1 is 1.47 bits per heavy atom. The van der Waals surface area contributed by atoms with Crippen LogP contribution in [0.5, 0.6) is 0 Å². The van der Waals surface area contributed by atoms with Gasteiger partial charge in [-0.1, -0.05) is 23.7 Å². The second-order valence-corrected chi connectivity index (χ2v) is 5.29. The van der Waals surface area contributed by atoms with E-state index in [4.69, 9.17) is 11.6 Å². The van der Waals surface area contributed by atoms with Gasteiger partial charge in [0.05, 0.1) is 18.5 Å².